The quantitative estimate of drug-likeness (QED) is 0.737. The van der Waals surface area contributed by atoms with E-state index in [4.69, 9.17) is 10.3 Å². The summed E-state index contributed by atoms with van der Waals surface area (Å²) in [5, 5.41) is 3.90. The van der Waals surface area contributed by atoms with E-state index in [1.807, 2.05) is 25.6 Å². The largest absolute Gasteiger partial charge is 0.361 e. The standard InChI is InChI=1S/C9H16N2OS/c1-7-9(8(2)12-11-7)6-13-5-3-4-10/h3-6,10H2,1-2H3. The highest BCUT2D eigenvalue weighted by Crippen LogP contribution is 2.19. The first-order valence-corrected chi connectivity index (χ1v) is 5.60. The van der Waals surface area contributed by atoms with Crippen LogP contribution in [0.4, 0.5) is 0 Å². The maximum Gasteiger partial charge on any atom is 0.137 e. The summed E-state index contributed by atoms with van der Waals surface area (Å²) in [6.45, 7) is 4.71. The maximum absolute atomic E-state index is 5.40. The van der Waals surface area contributed by atoms with Crippen LogP contribution in [0, 0.1) is 13.8 Å². The van der Waals surface area contributed by atoms with Crippen molar-refractivity contribution in [1.29, 1.82) is 0 Å². The second-order valence-electron chi connectivity index (χ2n) is 3.00. The van der Waals surface area contributed by atoms with Crippen LogP contribution < -0.4 is 5.73 Å². The molecule has 0 fully saturated rings. The molecule has 0 saturated carbocycles. The Hall–Kier alpha value is -0.480. The molecule has 13 heavy (non-hydrogen) atoms. The Kier molecular flexibility index (Phi) is 4.32. The Morgan fingerprint density at radius 1 is 1.46 bits per heavy atom. The molecule has 4 heteroatoms. The average molecular weight is 200 g/mol. The van der Waals surface area contributed by atoms with E-state index in [-0.39, 0.29) is 0 Å². The summed E-state index contributed by atoms with van der Waals surface area (Å²) in [6.07, 6.45) is 1.08. The lowest BCUT2D eigenvalue weighted by molar-refractivity contribution is 0.392. The molecule has 0 unspecified atom stereocenters. The van der Waals surface area contributed by atoms with Crippen molar-refractivity contribution in [2.75, 3.05) is 12.3 Å². The first-order valence-electron chi connectivity index (χ1n) is 4.45. The predicted molar refractivity (Wildman–Crippen MR) is 55.8 cm³/mol. The molecule has 1 aromatic heterocycles. The van der Waals surface area contributed by atoms with Crippen molar-refractivity contribution in [3.05, 3.63) is 17.0 Å². The van der Waals surface area contributed by atoms with Gasteiger partial charge in [0, 0.05) is 11.3 Å². The van der Waals surface area contributed by atoms with Crippen molar-refractivity contribution in [3.8, 4) is 0 Å². The van der Waals surface area contributed by atoms with Crippen LogP contribution in [0.5, 0.6) is 0 Å². The molecule has 0 amide bonds. The third-order valence-corrected chi connectivity index (χ3v) is 2.99. The van der Waals surface area contributed by atoms with Gasteiger partial charge in [-0.1, -0.05) is 5.16 Å². The highest BCUT2D eigenvalue weighted by atomic mass is 32.2. The van der Waals surface area contributed by atoms with E-state index in [1.165, 1.54) is 5.56 Å². The number of rotatable bonds is 5. The lowest BCUT2D eigenvalue weighted by Gasteiger charge is -1.99. The number of thioether (sulfide) groups is 1. The molecule has 0 aliphatic heterocycles. The molecule has 0 aromatic carbocycles. The molecule has 0 spiro atoms. The fraction of sp³-hybridized carbons (Fsp3) is 0.667. The van der Waals surface area contributed by atoms with Crippen LogP contribution in [0.1, 0.15) is 23.4 Å². The van der Waals surface area contributed by atoms with E-state index in [0.29, 0.717) is 0 Å². The zero-order valence-electron chi connectivity index (χ0n) is 8.17. The Bertz CT molecular complexity index is 241. The Labute approximate surface area is 83.0 Å². The van der Waals surface area contributed by atoms with Crippen molar-refractivity contribution >= 4 is 11.8 Å². The summed E-state index contributed by atoms with van der Waals surface area (Å²) in [7, 11) is 0. The molecule has 3 nitrogen and oxygen atoms in total. The molecule has 2 N–H and O–H groups in total. The number of hydrogen-bond acceptors (Lipinski definition) is 4. The summed E-state index contributed by atoms with van der Waals surface area (Å²) in [5.41, 5.74) is 7.65. The second-order valence-corrected chi connectivity index (χ2v) is 4.10. The molecule has 0 saturated heterocycles. The smallest absolute Gasteiger partial charge is 0.137 e. The molecule has 0 aliphatic carbocycles. The highest BCUT2D eigenvalue weighted by Gasteiger charge is 2.07. The van der Waals surface area contributed by atoms with Crippen LogP contribution >= 0.6 is 11.8 Å². The van der Waals surface area contributed by atoms with E-state index >= 15 is 0 Å². The fourth-order valence-electron chi connectivity index (χ4n) is 1.07. The summed E-state index contributed by atoms with van der Waals surface area (Å²) in [4.78, 5) is 0. The van der Waals surface area contributed by atoms with Gasteiger partial charge in [-0.05, 0) is 32.6 Å². The van der Waals surface area contributed by atoms with E-state index in [1.54, 1.807) is 0 Å². The first kappa shape index (κ1) is 10.6. The third kappa shape index (κ3) is 3.04. The van der Waals surface area contributed by atoms with Gasteiger partial charge in [0.15, 0.2) is 0 Å². The number of aryl methyl sites for hydroxylation is 2. The molecular weight excluding hydrogens is 184 g/mol. The van der Waals surface area contributed by atoms with Gasteiger partial charge < -0.3 is 10.3 Å². The van der Waals surface area contributed by atoms with Gasteiger partial charge in [0.2, 0.25) is 0 Å². The van der Waals surface area contributed by atoms with Gasteiger partial charge in [-0.2, -0.15) is 11.8 Å². The van der Waals surface area contributed by atoms with Gasteiger partial charge in [-0.3, -0.25) is 0 Å². The number of aromatic nitrogens is 1. The fourth-order valence-corrected chi connectivity index (χ4v) is 2.20. The summed E-state index contributed by atoms with van der Waals surface area (Å²) in [6, 6.07) is 0. The summed E-state index contributed by atoms with van der Waals surface area (Å²) < 4.78 is 5.06. The Morgan fingerprint density at radius 2 is 2.23 bits per heavy atom. The van der Waals surface area contributed by atoms with E-state index in [9.17, 15) is 0 Å². The molecule has 0 aliphatic rings. The van der Waals surface area contributed by atoms with Crippen LogP contribution in [-0.4, -0.2) is 17.5 Å². The molecule has 1 aromatic rings. The third-order valence-electron chi connectivity index (χ3n) is 1.92. The minimum absolute atomic E-state index is 0.772. The summed E-state index contributed by atoms with van der Waals surface area (Å²) >= 11 is 1.88. The lowest BCUT2D eigenvalue weighted by Crippen LogP contribution is -1.99. The minimum Gasteiger partial charge on any atom is -0.361 e. The van der Waals surface area contributed by atoms with Crippen LogP contribution in [0.3, 0.4) is 0 Å². The number of nitrogens with two attached hydrogens (primary N) is 1. The highest BCUT2D eigenvalue weighted by molar-refractivity contribution is 7.98. The summed E-state index contributed by atoms with van der Waals surface area (Å²) in [5.74, 6) is 3.04. The van der Waals surface area contributed by atoms with Gasteiger partial charge in [-0.15, -0.1) is 0 Å². The van der Waals surface area contributed by atoms with Crippen molar-refractivity contribution < 1.29 is 4.52 Å². The van der Waals surface area contributed by atoms with Crippen LogP contribution in [0.15, 0.2) is 4.52 Å². The van der Waals surface area contributed by atoms with Crippen LogP contribution in [-0.2, 0) is 5.75 Å². The van der Waals surface area contributed by atoms with Crippen molar-refractivity contribution in [1.82, 2.24) is 5.16 Å². The molecular formula is C9H16N2OS. The SMILES string of the molecule is Cc1noc(C)c1CSCCCN. The van der Waals surface area contributed by atoms with E-state index < -0.39 is 0 Å². The molecule has 1 rings (SSSR count). The molecule has 0 radical (unpaired) electrons. The molecule has 74 valence electrons. The molecule has 1 heterocycles. The van der Waals surface area contributed by atoms with Crippen LogP contribution in [0.2, 0.25) is 0 Å². The maximum atomic E-state index is 5.40. The van der Waals surface area contributed by atoms with Gasteiger partial charge >= 0.3 is 0 Å². The van der Waals surface area contributed by atoms with E-state index in [0.717, 1.165) is 35.9 Å². The van der Waals surface area contributed by atoms with Crippen molar-refractivity contribution in [3.63, 3.8) is 0 Å². The van der Waals surface area contributed by atoms with Gasteiger partial charge in [0.1, 0.15) is 5.76 Å². The monoisotopic (exact) mass is 200 g/mol. The zero-order valence-corrected chi connectivity index (χ0v) is 8.99. The van der Waals surface area contributed by atoms with Crippen molar-refractivity contribution in [2.24, 2.45) is 5.73 Å². The van der Waals surface area contributed by atoms with Gasteiger partial charge in [0.25, 0.3) is 0 Å². The predicted octanol–water partition coefficient (Wildman–Crippen LogP) is 1.87. The number of nitrogens with zero attached hydrogens (tertiary/aromatic N) is 1. The Balaban J connectivity index is 2.36. The number of hydrogen-bond donors (Lipinski definition) is 1. The first-order chi connectivity index (χ1) is 6.25. The zero-order chi connectivity index (χ0) is 9.68. The average Bonchev–Trinajstić information content (AvgIpc) is 2.42. The Morgan fingerprint density at radius 3 is 2.77 bits per heavy atom. The van der Waals surface area contributed by atoms with Gasteiger partial charge in [-0.25, -0.2) is 0 Å². The minimum atomic E-state index is 0.772. The normalized spacial score (nSPS) is 10.7. The van der Waals surface area contributed by atoms with E-state index in [2.05, 4.69) is 5.16 Å². The molecule has 0 atom stereocenters. The molecule has 0 bridgehead atoms. The topological polar surface area (TPSA) is 52.0 Å². The van der Waals surface area contributed by atoms with Gasteiger partial charge in [0.05, 0.1) is 5.69 Å². The van der Waals surface area contributed by atoms with Crippen LogP contribution in [0.25, 0.3) is 0 Å². The van der Waals surface area contributed by atoms with Crippen molar-refractivity contribution in [2.45, 2.75) is 26.0 Å². The lowest BCUT2D eigenvalue weighted by atomic mass is 10.2. The second kappa shape index (κ2) is 5.29.